The Kier molecular flexibility index (Phi) is 5.11. The Bertz CT molecular complexity index is 868. The predicted molar refractivity (Wildman–Crippen MR) is 103 cm³/mol. The number of hydrogen-bond acceptors (Lipinski definition) is 5. The number of nitrogens with one attached hydrogen (secondary N) is 1. The zero-order valence-corrected chi connectivity index (χ0v) is 15.8. The first kappa shape index (κ1) is 18.6. The highest BCUT2D eigenvalue weighted by Crippen LogP contribution is 2.42. The van der Waals surface area contributed by atoms with Crippen molar-refractivity contribution in [2.24, 2.45) is 5.41 Å². The van der Waals surface area contributed by atoms with Gasteiger partial charge in [0.1, 0.15) is 0 Å². The van der Waals surface area contributed by atoms with Crippen molar-refractivity contribution in [3.63, 3.8) is 0 Å². The molecule has 1 heterocycles. The standard InChI is InChI=1S/C20H25N5O3/c26-17(12-20(13-18(27)28)9-2-1-3-10-20)21-15-6-4-5-14(11-15)19-22-23-24-25(19)16-7-8-16/h4-6,11,16H,1-3,7-10,12-13H2,(H,21,26)(H,27,28). The molecule has 148 valence electrons. The molecule has 0 bridgehead atoms. The maximum absolute atomic E-state index is 12.7. The van der Waals surface area contributed by atoms with Crippen molar-refractivity contribution in [3.8, 4) is 11.4 Å². The van der Waals surface area contributed by atoms with Crippen LogP contribution in [0, 0.1) is 5.41 Å². The van der Waals surface area contributed by atoms with Crippen LogP contribution in [-0.2, 0) is 9.59 Å². The molecule has 0 unspecified atom stereocenters. The van der Waals surface area contributed by atoms with Crippen molar-refractivity contribution in [2.75, 3.05) is 5.32 Å². The van der Waals surface area contributed by atoms with Crippen molar-refractivity contribution >= 4 is 17.6 Å². The number of carbonyl (C=O) groups is 2. The minimum absolute atomic E-state index is 0.0522. The van der Waals surface area contributed by atoms with Gasteiger partial charge in [0.25, 0.3) is 0 Å². The zero-order chi connectivity index (χ0) is 19.6. The lowest BCUT2D eigenvalue weighted by Crippen LogP contribution is -2.32. The molecule has 0 aliphatic heterocycles. The van der Waals surface area contributed by atoms with Gasteiger partial charge < -0.3 is 10.4 Å². The summed E-state index contributed by atoms with van der Waals surface area (Å²) in [4.78, 5) is 24.0. The summed E-state index contributed by atoms with van der Waals surface area (Å²) < 4.78 is 1.84. The Hall–Kier alpha value is -2.77. The fourth-order valence-electron chi connectivity index (χ4n) is 4.27. The third kappa shape index (κ3) is 4.21. The van der Waals surface area contributed by atoms with Crippen LogP contribution in [0.5, 0.6) is 0 Å². The van der Waals surface area contributed by atoms with Gasteiger partial charge in [-0.1, -0.05) is 31.4 Å². The predicted octanol–water partition coefficient (Wildman–Crippen LogP) is 3.43. The minimum atomic E-state index is -0.830. The highest BCUT2D eigenvalue weighted by atomic mass is 16.4. The summed E-state index contributed by atoms with van der Waals surface area (Å²) in [5, 5.41) is 24.2. The van der Waals surface area contributed by atoms with E-state index < -0.39 is 11.4 Å². The van der Waals surface area contributed by atoms with Gasteiger partial charge in [0.05, 0.1) is 12.5 Å². The quantitative estimate of drug-likeness (QED) is 0.758. The first-order valence-electron chi connectivity index (χ1n) is 9.95. The number of nitrogens with zero attached hydrogens (tertiary/aromatic N) is 4. The van der Waals surface area contributed by atoms with Gasteiger partial charge in [0.15, 0.2) is 5.82 Å². The van der Waals surface area contributed by atoms with Crippen LogP contribution in [-0.4, -0.2) is 37.2 Å². The summed E-state index contributed by atoms with van der Waals surface area (Å²) in [6, 6.07) is 7.85. The number of carbonyl (C=O) groups excluding carboxylic acids is 1. The molecular weight excluding hydrogens is 358 g/mol. The van der Waals surface area contributed by atoms with E-state index in [1.54, 1.807) is 0 Å². The van der Waals surface area contributed by atoms with Crippen molar-refractivity contribution in [1.82, 2.24) is 20.2 Å². The lowest BCUT2D eigenvalue weighted by atomic mass is 9.69. The number of tetrazole rings is 1. The summed E-state index contributed by atoms with van der Waals surface area (Å²) in [6.45, 7) is 0. The number of carboxylic acids is 1. The van der Waals surface area contributed by atoms with Gasteiger partial charge in [0.2, 0.25) is 5.91 Å². The molecule has 1 aromatic carbocycles. The van der Waals surface area contributed by atoms with Crippen LogP contribution < -0.4 is 5.32 Å². The second-order valence-electron chi connectivity index (χ2n) is 8.12. The number of anilines is 1. The van der Waals surface area contributed by atoms with Crippen molar-refractivity contribution in [2.45, 2.75) is 63.8 Å². The SMILES string of the molecule is O=C(O)CC1(CC(=O)Nc2cccc(-c3nnnn3C3CC3)c2)CCCCC1. The van der Waals surface area contributed by atoms with Crippen LogP contribution in [0.1, 0.15) is 63.8 Å². The van der Waals surface area contributed by atoms with Gasteiger partial charge in [-0.3, -0.25) is 9.59 Å². The molecule has 2 fully saturated rings. The van der Waals surface area contributed by atoms with Crippen LogP contribution in [0.2, 0.25) is 0 Å². The number of aromatic nitrogens is 4. The monoisotopic (exact) mass is 383 g/mol. The van der Waals surface area contributed by atoms with E-state index in [1.165, 1.54) is 0 Å². The van der Waals surface area contributed by atoms with Crippen LogP contribution in [0.25, 0.3) is 11.4 Å². The third-order valence-corrected chi connectivity index (χ3v) is 5.77. The first-order chi connectivity index (χ1) is 13.5. The van der Waals surface area contributed by atoms with Crippen LogP contribution in [0.4, 0.5) is 5.69 Å². The molecule has 28 heavy (non-hydrogen) atoms. The van der Waals surface area contributed by atoms with Crippen LogP contribution in [0.3, 0.4) is 0 Å². The van der Waals surface area contributed by atoms with E-state index in [9.17, 15) is 14.7 Å². The number of amides is 1. The van der Waals surface area contributed by atoms with Crippen LogP contribution in [0.15, 0.2) is 24.3 Å². The zero-order valence-electron chi connectivity index (χ0n) is 15.8. The smallest absolute Gasteiger partial charge is 0.303 e. The molecule has 8 heteroatoms. The Morgan fingerprint density at radius 3 is 2.68 bits per heavy atom. The second-order valence-corrected chi connectivity index (χ2v) is 8.12. The van der Waals surface area contributed by atoms with Gasteiger partial charge in [-0.2, -0.15) is 0 Å². The van der Waals surface area contributed by atoms with Gasteiger partial charge in [0, 0.05) is 17.7 Å². The minimum Gasteiger partial charge on any atom is -0.481 e. The van der Waals surface area contributed by atoms with Gasteiger partial charge in [-0.15, -0.1) is 5.10 Å². The van der Waals surface area contributed by atoms with Gasteiger partial charge in [-0.25, -0.2) is 4.68 Å². The Morgan fingerprint density at radius 2 is 1.96 bits per heavy atom. The van der Waals surface area contributed by atoms with Crippen LogP contribution >= 0.6 is 0 Å². The Morgan fingerprint density at radius 1 is 1.18 bits per heavy atom. The molecule has 0 spiro atoms. The molecule has 1 aromatic heterocycles. The molecule has 8 nitrogen and oxygen atoms in total. The number of hydrogen-bond donors (Lipinski definition) is 2. The van der Waals surface area contributed by atoms with E-state index in [4.69, 9.17) is 0 Å². The lowest BCUT2D eigenvalue weighted by Gasteiger charge is -2.35. The molecule has 2 N–H and O–H groups in total. The third-order valence-electron chi connectivity index (χ3n) is 5.77. The Balaban J connectivity index is 1.47. The fraction of sp³-hybridized carbons (Fsp3) is 0.550. The first-order valence-corrected chi connectivity index (χ1v) is 9.95. The fourth-order valence-corrected chi connectivity index (χ4v) is 4.27. The molecule has 2 aliphatic carbocycles. The molecule has 2 aliphatic rings. The Labute approximate surface area is 163 Å². The summed E-state index contributed by atoms with van der Waals surface area (Å²) in [5.74, 6) is -0.265. The van der Waals surface area contributed by atoms with E-state index in [1.807, 2.05) is 28.9 Å². The summed E-state index contributed by atoms with van der Waals surface area (Å²) in [5.41, 5.74) is 1.10. The molecule has 4 rings (SSSR count). The second kappa shape index (κ2) is 7.69. The average molecular weight is 383 g/mol. The largest absolute Gasteiger partial charge is 0.481 e. The molecule has 0 atom stereocenters. The van der Waals surface area contributed by atoms with Crippen molar-refractivity contribution < 1.29 is 14.7 Å². The van der Waals surface area contributed by atoms with Crippen molar-refractivity contribution in [3.05, 3.63) is 24.3 Å². The highest BCUT2D eigenvalue weighted by molar-refractivity contribution is 5.92. The summed E-state index contributed by atoms with van der Waals surface area (Å²) in [6.07, 6.45) is 7.13. The number of rotatable bonds is 7. The number of aliphatic carboxylic acids is 1. The van der Waals surface area contributed by atoms with Gasteiger partial charge in [-0.05, 0) is 53.7 Å². The maximum atomic E-state index is 12.7. The lowest BCUT2D eigenvalue weighted by molar-refractivity contribution is -0.140. The highest BCUT2D eigenvalue weighted by Gasteiger charge is 2.36. The van der Waals surface area contributed by atoms with E-state index in [2.05, 4.69) is 20.8 Å². The summed E-state index contributed by atoms with van der Waals surface area (Å²) >= 11 is 0. The molecular formula is C20H25N5O3. The van der Waals surface area contributed by atoms with E-state index in [-0.39, 0.29) is 18.7 Å². The topological polar surface area (TPSA) is 110 Å². The molecule has 2 aromatic rings. The van der Waals surface area contributed by atoms with Crippen molar-refractivity contribution in [1.29, 1.82) is 0 Å². The normalized spacial score (nSPS) is 18.6. The summed E-state index contributed by atoms with van der Waals surface area (Å²) in [7, 11) is 0. The molecule has 0 radical (unpaired) electrons. The molecule has 2 saturated carbocycles. The van der Waals surface area contributed by atoms with Gasteiger partial charge >= 0.3 is 5.97 Å². The van der Waals surface area contributed by atoms with E-state index in [0.717, 1.165) is 50.5 Å². The maximum Gasteiger partial charge on any atom is 0.303 e. The molecule has 1 amide bonds. The number of benzene rings is 1. The molecule has 0 saturated heterocycles. The average Bonchev–Trinajstić information content (AvgIpc) is 3.38. The van der Waals surface area contributed by atoms with E-state index >= 15 is 0 Å². The van der Waals surface area contributed by atoms with E-state index in [0.29, 0.717) is 17.6 Å². The number of carboxylic acid groups (broad SMARTS) is 1.